The van der Waals surface area contributed by atoms with E-state index >= 15 is 0 Å². The summed E-state index contributed by atoms with van der Waals surface area (Å²) in [6.07, 6.45) is 10.5. The minimum absolute atomic E-state index is 0.120. The Morgan fingerprint density at radius 3 is 2.90 bits per heavy atom. The van der Waals surface area contributed by atoms with E-state index in [1.807, 2.05) is 37.3 Å². The minimum atomic E-state index is -0.120. The summed E-state index contributed by atoms with van der Waals surface area (Å²) in [5, 5.41) is 13.7. The molecule has 3 rings (SSSR count). The first-order valence-electron chi connectivity index (χ1n) is 9.60. The highest BCUT2D eigenvalue weighted by molar-refractivity contribution is 6.33. The number of aromatic hydroxyl groups is 1. The zero-order valence-electron chi connectivity index (χ0n) is 17.0. The van der Waals surface area contributed by atoms with Gasteiger partial charge in [-0.3, -0.25) is 4.98 Å². The number of phenolic OH excluding ortho intramolecular Hbond substituents is 1. The number of rotatable bonds is 6. The topological polar surface area (TPSA) is 92.8 Å². The van der Waals surface area contributed by atoms with Gasteiger partial charge in [0.2, 0.25) is 0 Å². The highest BCUT2D eigenvalue weighted by atomic mass is 35.5. The van der Waals surface area contributed by atoms with Gasteiger partial charge in [0.1, 0.15) is 17.3 Å². The van der Waals surface area contributed by atoms with Crippen LogP contribution in [0.15, 0.2) is 83.0 Å². The third-order valence-electron chi connectivity index (χ3n) is 4.78. The lowest BCUT2D eigenvalue weighted by atomic mass is 9.98. The van der Waals surface area contributed by atoms with Crippen molar-refractivity contribution in [2.75, 3.05) is 12.4 Å². The summed E-state index contributed by atoms with van der Waals surface area (Å²) in [5.74, 6) is 1.34. The molecule has 6 nitrogen and oxygen atoms in total. The molecule has 1 aromatic heterocycles. The highest BCUT2D eigenvalue weighted by Crippen LogP contribution is 2.30. The molecule has 156 valence electrons. The summed E-state index contributed by atoms with van der Waals surface area (Å²) in [4.78, 5) is 8.85. The minimum Gasteiger partial charge on any atom is -0.508 e. The molecule has 30 heavy (non-hydrogen) atoms. The van der Waals surface area contributed by atoms with Crippen molar-refractivity contribution in [1.82, 2.24) is 4.98 Å². The SMILES string of the molecule is COC1=CC/C(C(C)Nc2cc(O)ccc2Cl)=C(/N=C(N)c2cccnc2)CC=C1. The molecule has 0 spiro atoms. The number of phenols is 1. The molecule has 1 atom stereocenters. The first-order valence-corrected chi connectivity index (χ1v) is 9.98. The predicted octanol–water partition coefficient (Wildman–Crippen LogP) is 4.78. The van der Waals surface area contributed by atoms with Gasteiger partial charge in [-0.15, -0.1) is 0 Å². The van der Waals surface area contributed by atoms with Gasteiger partial charge >= 0.3 is 0 Å². The molecule has 0 aliphatic heterocycles. The van der Waals surface area contributed by atoms with Crippen LogP contribution < -0.4 is 11.1 Å². The second-order valence-corrected chi connectivity index (χ2v) is 7.27. The van der Waals surface area contributed by atoms with E-state index in [1.165, 1.54) is 0 Å². The Bertz CT molecular complexity index is 1010. The second-order valence-electron chi connectivity index (χ2n) is 6.86. The van der Waals surface area contributed by atoms with Gasteiger partial charge in [-0.2, -0.15) is 0 Å². The van der Waals surface area contributed by atoms with E-state index in [0.29, 0.717) is 29.4 Å². The molecule has 1 unspecified atom stereocenters. The third-order valence-corrected chi connectivity index (χ3v) is 5.11. The number of nitrogens with zero attached hydrogens (tertiary/aromatic N) is 2. The Morgan fingerprint density at radius 2 is 2.17 bits per heavy atom. The Morgan fingerprint density at radius 1 is 1.33 bits per heavy atom. The van der Waals surface area contributed by atoms with Crippen LogP contribution in [0.5, 0.6) is 5.75 Å². The molecule has 1 aliphatic carbocycles. The van der Waals surface area contributed by atoms with Crippen LogP contribution in [0.3, 0.4) is 0 Å². The molecule has 2 aromatic rings. The number of aromatic nitrogens is 1. The van der Waals surface area contributed by atoms with Crippen LogP contribution in [0, 0.1) is 0 Å². The van der Waals surface area contributed by atoms with Gasteiger partial charge in [0, 0.05) is 42.2 Å². The van der Waals surface area contributed by atoms with Crippen LogP contribution in [0.4, 0.5) is 5.69 Å². The van der Waals surface area contributed by atoms with Crippen molar-refractivity contribution in [3.05, 3.63) is 88.6 Å². The highest BCUT2D eigenvalue weighted by Gasteiger charge is 2.17. The fourth-order valence-electron chi connectivity index (χ4n) is 3.18. The van der Waals surface area contributed by atoms with Crippen molar-refractivity contribution in [3.63, 3.8) is 0 Å². The van der Waals surface area contributed by atoms with Crippen molar-refractivity contribution < 1.29 is 9.84 Å². The number of halogens is 1. The second kappa shape index (κ2) is 9.98. The van der Waals surface area contributed by atoms with Crippen LogP contribution in [0.25, 0.3) is 0 Å². The molecule has 7 heteroatoms. The molecule has 0 saturated heterocycles. The molecule has 4 N–H and O–H groups in total. The molecule has 0 saturated carbocycles. The number of hydrogen-bond acceptors (Lipinski definition) is 5. The molecule has 0 amide bonds. The monoisotopic (exact) mass is 424 g/mol. The summed E-state index contributed by atoms with van der Waals surface area (Å²) in [6.45, 7) is 2.02. The molecular weight excluding hydrogens is 400 g/mol. The predicted molar refractivity (Wildman–Crippen MR) is 122 cm³/mol. The van der Waals surface area contributed by atoms with E-state index in [9.17, 15) is 5.11 Å². The summed E-state index contributed by atoms with van der Waals surface area (Å²) in [5.41, 5.74) is 9.57. The van der Waals surface area contributed by atoms with Gasteiger partial charge in [-0.25, -0.2) is 4.99 Å². The van der Waals surface area contributed by atoms with E-state index in [2.05, 4.69) is 10.3 Å². The summed E-state index contributed by atoms with van der Waals surface area (Å²) < 4.78 is 5.40. The van der Waals surface area contributed by atoms with Gasteiger partial charge in [-0.05, 0) is 55.3 Å². The van der Waals surface area contributed by atoms with E-state index in [4.69, 9.17) is 27.1 Å². The lowest BCUT2D eigenvalue weighted by Gasteiger charge is -2.22. The molecule has 0 radical (unpaired) electrons. The zero-order valence-corrected chi connectivity index (χ0v) is 17.7. The van der Waals surface area contributed by atoms with Crippen LogP contribution in [-0.4, -0.2) is 29.1 Å². The number of hydrogen-bond donors (Lipinski definition) is 3. The summed E-state index contributed by atoms with van der Waals surface area (Å²) in [6, 6.07) is 8.39. The van der Waals surface area contributed by atoms with Gasteiger partial charge in [0.05, 0.1) is 17.8 Å². The fraction of sp³-hybridized carbons (Fsp3) is 0.217. The maximum Gasteiger partial charge on any atom is 0.132 e. The Labute approximate surface area is 181 Å². The molecule has 1 aromatic carbocycles. The molecule has 1 aliphatic rings. The number of allylic oxidation sites excluding steroid dienone is 3. The largest absolute Gasteiger partial charge is 0.508 e. The molecule has 1 heterocycles. The van der Waals surface area contributed by atoms with E-state index in [-0.39, 0.29) is 11.8 Å². The molecule has 0 fully saturated rings. The lowest BCUT2D eigenvalue weighted by Crippen LogP contribution is -2.21. The van der Waals surface area contributed by atoms with Crippen molar-refractivity contribution in [1.29, 1.82) is 0 Å². The Balaban J connectivity index is 2.00. The molecule has 0 bridgehead atoms. The summed E-state index contributed by atoms with van der Waals surface area (Å²) in [7, 11) is 1.65. The van der Waals surface area contributed by atoms with Crippen LogP contribution >= 0.6 is 11.6 Å². The maximum absolute atomic E-state index is 9.82. The number of benzene rings is 1. The van der Waals surface area contributed by atoms with Gasteiger partial charge in [0.15, 0.2) is 0 Å². The normalized spacial score (nSPS) is 18.2. The number of nitrogens with two attached hydrogens (primary N) is 1. The van der Waals surface area contributed by atoms with E-state index < -0.39 is 0 Å². The van der Waals surface area contributed by atoms with Gasteiger partial charge < -0.3 is 20.9 Å². The van der Waals surface area contributed by atoms with Gasteiger partial charge in [0.25, 0.3) is 0 Å². The Kier molecular flexibility index (Phi) is 7.14. The average molecular weight is 425 g/mol. The third kappa shape index (κ3) is 5.42. The number of aliphatic imine (C=N–C) groups is 1. The lowest BCUT2D eigenvalue weighted by molar-refractivity contribution is 0.305. The number of ether oxygens (including phenoxy) is 1. The first kappa shape index (κ1) is 21.5. The van der Waals surface area contributed by atoms with Crippen molar-refractivity contribution in [3.8, 4) is 5.75 Å². The molecular formula is C23H25ClN4O2. The smallest absolute Gasteiger partial charge is 0.132 e. The maximum atomic E-state index is 9.82. The van der Waals surface area contributed by atoms with E-state index in [0.717, 1.165) is 22.6 Å². The number of nitrogens with one attached hydrogen (secondary N) is 1. The van der Waals surface area contributed by atoms with Crippen molar-refractivity contribution >= 4 is 23.1 Å². The van der Waals surface area contributed by atoms with Crippen molar-refractivity contribution in [2.45, 2.75) is 25.8 Å². The van der Waals surface area contributed by atoms with Gasteiger partial charge in [-0.1, -0.05) is 17.7 Å². The first-order chi connectivity index (χ1) is 14.5. The van der Waals surface area contributed by atoms with Crippen LogP contribution in [0.1, 0.15) is 25.3 Å². The van der Waals surface area contributed by atoms with Crippen LogP contribution in [-0.2, 0) is 4.74 Å². The standard InChI is InChI=1S/C23H25ClN4O2/c1-15(27-22-13-17(29)8-11-20(22)24)19-10-9-18(30-2)6-3-7-21(19)28-23(25)16-5-4-12-26-14-16/h3-6,8-9,11-15,27,29H,7,10H2,1-2H3,(H2,25,28)/b6-3?,18-9?,21-19-. The summed E-state index contributed by atoms with van der Waals surface area (Å²) >= 11 is 6.30. The zero-order chi connectivity index (χ0) is 21.5. The average Bonchev–Trinajstić information content (AvgIpc) is 2.73. The number of pyridine rings is 1. The number of amidine groups is 1. The number of anilines is 1. The fourth-order valence-corrected chi connectivity index (χ4v) is 3.35. The van der Waals surface area contributed by atoms with Crippen LogP contribution in [0.2, 0.25) is 5.02 Å². The Hall–Kier alpha value is -3.25. The van der Waals surface area contributed by atoms with Crippen molar-refractivity contribution in [2.24, 2.45) is 10.7 Å². The van der Waals surface area contributed by atoms with E-state index in [1.54, 1.807) is 37.7 Å². The quantitative estimate of drug-likeness (QED) is 0.458. The number of methoxy groups -OCH3 is 1.